The number of benzene rings is 2. The molecule has 1 heterocycles. The highest BCUT2D eigenvalue weighted by molar-refractivity contribution is 5.92. The number of allylic oxidation sites excluding steroid dienone is 2. The largest absolute Gasteiger partial charge is 0.506 e. The van der Waals surface area contributed by atoms with Gasteiger partial charge in [-0.2, -0.15) is 5.10 Å². The van der Waals surface area contributed by atoms with Crippen LogP contribution >= 0.6 is 0 Å². The van der Waals surface area contributed by atoms with Gasteiger partial charge in [0.15, 0.2) is 0 Å². The van der Waals surface area contributed by atoms with Crippen molar-refractivity contribution in [3.8, 4) is 5.75 Å². The summed E-state index contributed by atoms with van der Waals surface area (Å²) in [6.45, 7) is 0.441. The van der Waals surface area contributed by atoms with Crippen molar-refractivity contribution in [2.75, 3.05) is 5.32 Å². The molecule has 2 atom stereocenters. The van der Waals surface area contributed by atoms with Crippen molar-refractivity contribution >= 4 is 35.6 Å². The third kappa shape index (κ3) is 11.2. The first-order chi connectivity index (χ1) is 21.9. The number of unbranched alkanes of at least 4 members (excludes halogenated alkanes) is 3. The Labute approximate surface area is 264 Å². The number of nitrogens with zero attached hydrogens (tertiary/aromatic N) is 2. The fourth-order valence-corrected chi connectivity index (χ4v) is 5.66. The molecule has 0 aromatic heterocycles. The minimum absolute atomic E-state index is 0.0420. The number of hydrazone groups is 1. The van der Waals surface area contributed by atoms with Crippen molar-refractivity contribution in [1.29, 1.82) is 0 Å². The zero-order chi connectivity index (χ0) is 31.9. The molecule has 2 aliphatic rings. The average Bonchev–Trinajstić information content (AvgIpc) is 3.48. The van der Waals surface area contributed by atoms with Crippen LogP contribution < -0.4 is 10.7 Å². The van der Waals surface area contributed by atoms with Gasteiger partial charge in [-0.1, -0.05) is 61.4 Å². The molecule has 45 heavy (non-hydrogen) atoms. The van der Waals surface area contributed by atoms with Crippen LogP contribution in [-0.2, 0) is 30.5 Å². The van der Waals surface area contributed by atoms with E-state index in [9.17, 15) is 24.3 Å². The van der Waals surface area contributed by atoms with Crippen LogP contribution in [0.15, 0.2) is 65.8 Å². The van der Waals surface area contributed by atoms with Gasteiger partial charge >= 0.3 is 5.97 Å². The number of amides is 3. The third-order valence-corrected chi connectivity index (χ3v) is 8.10. The Morgan fingerprint density at radius 2 is 1.62 bits per heavy atom. The summed E-state index contributed by atoms with van der Waals surface area (Å²) in [6.07, 6.45) is 13.6. The predicted octanol–water partition coefficient (Wildman–Crippen LogP) is 5.74. The number of carbonyl (C=O) groups excluding carboxylic acids is 4. The van der Waals surface area contributed by atoms with E-state index in [2.05, 4.69) is 15.8 Å². The van der Waals surface area contributed by atoms with E-state index in [4.69, 9.17) is 4.74 Å². The summed E-state index contributed by atoms with van der Waals surface area (Å²) < 4.78 is 5.78. The Morgan fingerprint density at radius 3 is 2.38 bits per heavy atom. The van der Waals surface area contributed by atoms with Crippen molar-refractivity contribution in [2.24, 2.45) is 5.10 Å². The number of hydrogen-bond acceptors (Lipinski definition) is 7. The van der Waals surface area contributed by atoms with Gasteiger partial charge in [0.25, 0.3) is 0 Å². The number of hydrogen-bond donors (Lipinski definition) is 3. The number of phenols is 1. The molecule has 2 aromatic carbocycles. The van der Waals surface area contributed by atoms with E-state index in [-0.39, 0.29) is 41.6 Å². The summed E-state index contributed by atoms with van der Waals surface area (Å²) in [5.74, 6) is -0.414. The van der Waals surface area contributed by atoms with Crippen LogP contribution in [0.3, 0.4) is 0 Å². The zero-order valence-electron chi connectivity index (χ0n) is 25.8. The van der Waals surface area contributed by atoms with Crippen molar-refractivity contribution in [3.05, 3.63) is 71.8 Å². The van der Waals surface area contributed by atoms with Gasteiger partial charge < -0.3 is 20.1 Å². The fraction of sp³-hybridized carbons (Fsp3) is 0.457. The molecule has 3 N–H and O–H groups in total. The molecule has 2 aromatic rings. The molecule has 3 amide bonds. The standard InChI is InChI=1S/C35H44N4O6/c40-30-14-10-9-12-28(30)37-32(41)16-5-1-2-6-17-33(42)38-36-24-26-20-22-27(23-21-26)25-39-29-13-11-15-31(29)45-35(44)19-8-4-3-7-18-34(39)43/h3-4,9-10,12,14,20-24,29,31,40H,1-2,5-8,11,13,15-19,25H2,(H,37,41)(H,38,42)/b4-3+,36-24+/t29-,31-/m0/s1. The van der Waals surface area contributed by atoms with Crippen molar-refractivity contribution < 1.29 is 29.0 Å². The molecule has 1 aliphatic carbocycles. The van der Waals surface area contributed by atoms with Crippen LogP contribution in [0.1, 0.15) is 94.6 Å². The Kier molecular flexibility index (Phi) is 13.2. The lowest BCUT2D eigenvalue weighted by Crippen LogP contribution is -2.45. The number of ether oxygens (including phenoxy) is 1. The lowest BCUT2D eigenvalue weighted by atomic mass is 10.1. The molecule has 240 valence electrons. The first kappa shape index (κ1) is 33.4. The number of carbonyl (C=O) groups is 4. The second-order valence-corrected chi connectivity index (χ2v) is 11.6. The van der Waals surface area contributed by atoms with Gasteiger partial charge in [-0.25, -0.2) is 5.43 Å². The maximum Gasteiger partial charge on any atom is 0.306 e. The maximum absolute atomic E-state index is 13.2. The van der Waals surface area contributed by atoms with Gasteiger partial charge in [-0.05, 0) is 68.2 Å². The van der Waals surface area contributed by atoms with Gasteiger partial charge in [-0.3, -0.25) is 19.2 Å². The van der Waals surface area contributed by atoms with Crippen LogP contribution in [0.25, 0.3) is 0 Å². The molecular weight excluding hydrogens is 572 g/mol. The van der Waals surface area contributed by atoms with Crippen molar-refractivity contribution in [1.82, 2.24) is 10.3 Å². The summed E-state index contributed by atoms with van der Waals surface area (Å²) in [5.41, 5.74) is 4.76. The molecule has 10 heteroatoms. The highest BCUT2D eigenvalue weighted by Crippen LogP contribution is 2.30. The number of esters is 1. The van der Waals surface area contributed by atoms with E-state index in [1.165, 1.54) is 6.07 Å². The summed E-state index contributed by atoms with van der Waals surface area (Å²) in [7, 11) is 0. The number of aromatic hydroxyl groups is 1. The average molecular weight is 617 g/mol. The topological polar surface area (TPSA) is 137 Å². The second kappa shape index (κ2) is 17.7. The van der Waals surface area contributed by atoms with E-state index in [0.717, 1.165) is 43.2 Å². The third-order valence-electron chi connectivity index (χ3n) is 8.10. The van der Waals surface area contributed by atoms with E-state index >= 15 is 0 Å². The lowest BCUT2D eigenvalue weighted by molar-refractivity contribution is -0.155. The summed E-state index contributed by atoms with van der Waals surface area (Å²) in [4.78, 5) is 51.6. The molecular formula is C35H44N4O6. The smallest absolute Gasteiger partial charge is 0.306 e. The van der Waals surface area contributed by atoms with Crippen LogP contribution in [0.4, 0.5) is 5.69 Å². The second-order valence-electron chi connectivity index (χ2n) is 11.6. The minimum Gasteiger partial charge on any atom is -0.506 e. The van der Waals surface area contributed by atoms with Gasteiger partial charge in [0.1, 0.15) is 11.9 Å². The van der Waals surface area contributed by atoms with Gasteiger partial charge in [0.2, 0.25) is 17.7 Å². The van der Waals surface area contributed by atoms with Crippen molar-refractivity contribution in [2.45, 2.75) is 102 Å². The first-order valence-electron chi connectivity index (χ1n) is 16.0. The van der Waals surface area contributed by atoms with E-state index < -0.39 is 0 Å². The molecule has 0 radical (unpaired) electrons. The number of rotatable bonds is 12. The SMILES string of the molecule is O=C(CCCCCCC(=O)Nc1ccccc1O)N/N=C/c1ccc(CN2C(=O)CC/C=C/CCC(=O)O[C@H]3CCC[C@@H]32)cc1. The van der Waals surface area contributed by atoms with E-state index in [1.807, 2.05) is 41.3 Å². The van der Waals surface area contributed by atoms with Crippen LogP contribution in [0.5, 0.6) is 5.75 Å². The quantitative estimate of drug-likeness (QED) is 0.0694. The number of para-hydroxylation sites is 2. The Balaban J connectivity index is 1.17. The minimum atomic E-state index is -0.262. The molecule has 1 fully saturated rings. The molecule has 4 rings (SSSR count). The van der Waals surface area contributed by atoms with E-state index in [1.54, 1.807) is 24.4 Å². The molecule has 0 saturated heterocycles. The number of fused-ring (bicyclic) bond motifs is 1. The van der Waals surface area contributed by atoms with Crippen LogP contribution in [-0.4, -0.2) is 52.1 Å². The number of phenolic OH excluding ortho intramolecular Hbond substituents is 1. The molecule has 0 spiro atoms. The molecule has 1 aliphatic heterocycles. The van der Waals surface area contributed by atoms with Gasteiger partial charge in [0, 0.05) is 32.2 Å². The normalized spacial score (nSPS) is 19.7. The predicted molar refractivity (Wildman–Crippen MR) is 172 cm³/mol. The first-order valence-corrected chi connectivity index (χ1v) is 16.0. The van der Waals surface area contributed by atoms with E-state index in [0.29, 0.717) is 63.6 Å². The molecule has 10 nitrogen and oxygen atoms in total. The van der Waals surface area contributed by atoms with Gasteiger partial charge in [0.05, 0.1) is 17.9 Å². The monoisotopic (exact) mass is 616 g/mol. The number of nitrogens with one attached hydrogen (secondary N) is 2. The Morgan fingerprint density at radius 1 is 0.911 bits per heavy atom. The molecule has 0 bridgehead atoms. The van der Waals surface area contributed by atoms with Crippen LogP contribution in [0.2, 0.25) is 0 Å². The number of anilines is 1. The highest BCUT2D eigenvalue weighted by atomic mass is 16.5. The molecule has 0 unspecified atom stereocenters. The summed E-state index contributed by atoms with van der Waals surface area (Å²) >= 11 is 0. The fourth-order valence-electron chi connectivity index (χ4n) is 5.66. The maximum atomic E-state index is 13.2. The lowest BCUT2D eigenvalue weighted by Gasteiger charge is -2.33. The highest BCUT2D eigenvalue weighted by Gasteiger charge is 2.37. The Hall–Kier alpha value is -4.47. The zero-order valence-corrected chi connectivity index (χ0v) is 25.8. The van der Waals surface area contributed by atoms with Crippen LogP contribution in [0, 0.1) is 0 Å². The Bertz CT molecular complexity index is 1360. The van der Waals surface area contributed by atoms with Gasteiger partial charge in [-0.15, -0.1) is 0 Å². The molecule has 1 saturated carbocycles. The summed E-state index contributed by atoms with van der Waals surface area (Å²) in [5, 5.41) is 16.5. The van der Waals surface area contributed by atoms with Crippen molar-refractivity contribution in [3.63, 3.8) is 0 Å². The summed E-state index contributed by atoms with van der Waals surface area (Å²) in [6, 6.07) is 14.2.